The molecule has 0 bridgehead atoms. The van der Waals surface area contributed by atoms with Gasteiger partial charge in [0.15, 0.2) is 0 Å². The molecule has 0 radical (unpaired) electrons. The first-order valence-electron chi connectivity index (χ1n) is 8.44. The molecule has 0 saturated heterocycles. The predicted molar refractivity (Wildman–Crippen MR) is 96.1 cm³/mol. The van der Waals surface area contributed by atoms with Crippen molar-refractivity contribution < 1.29 is 19.3 Å². The monoisotopic (exact) mass is 343 g/mol. The Hall–Kier alpha value is -2.08. The van der Waals surface area contributed by atoms with Gasteiger partial charge in [-0.3, -0.25) is 0 Å². The van der Waals surface area contributed by atoms with Crippen molar-refractivity contribution in [2.24, 2.45) is 0 Å². The third kappa shape index (κ3) is 3.63. The quantitative estimate of drug-likeness (QED) is 0.844. The minimum Gasteiger partial charge on any atom is -0.496 e. The van der Waals surface area contributed by atoms with E-state index < -0.39 is 6.10 Å². The first kappa shape index (κ1) is 17.7. The molecule has 2 N–H and O–H groups in total. The average Bonchev–Trinajstić information content (AvgIpc) is 2.64. The molecule has 25 heavy (non-hydrogen) atoms. The molecule has 134 valence electrons. The van der Waals surface area contributed by atoms with Crippen LogP contribution in [-0.4, -0.2) is 32.5 Å². The van der Waals surface area contributed by atoms with Gasteiger partial charge in [-0.25, -0.2) is 0 Å². The predicted octanol–water partition coefficient (Wildman–Crippen LogP) is 2.91. The summed E-state index contributed by atoms with van der Waals surface area (Å²) < 4.78 is 17.0. The second-order valence-electron chi connectivity index (χ2n) is 6.23. The molecule has 0 spiro atoms. The van der Waals surface area contributed by atoms with E-state index in [9.17, 15) is 5.11 Å². The zero-order chi connectivity index (χ0) is 17.8. The molecule has 1 heterocycles. The summed E-state index contributed by atoms with van der Waals surface area (Å²) in [6, 6.07) is 12.0. The second kappa shape index (κ2) is 7.87. The van der Waals surface area contributed by atoms with Crippen molar-refractivity contribution in [1.82, 2.24) is 5.32 Å². The molecular weight excluding hydrogens is 318 g/mol. The Morgan fingerprint density at radius 3 is 2.56 bits per heavy atom. The SMILES string of the molecule is COc1cc(C)c(OC)c2c1[C@H](COCc1ccccc1)NCC2O. The number of hydrogen-bond donors (Lipinski definition) is 2. The largest absolute Gasteiger partial charge is 0.496 e. The van der Waals surface area contributed by atoms with E-state index >= 15 is 0 Å². The Balaban J connectivity index is 1.85. The number of nitrogens with one attached hydrogen (secondary N) is 1. The van der Waals surface area contributed by atoms with Gasteiger partial charge in [-0.05, 0) is 24.1 Å². The van der Waals surface area contributed by atoms with E-state index in [2.05, 4.69) is 5.32 Å². The van der Waals surface area contributed by atoms with Gasteiger partial charge in [-0.2, -0.15) is 0 Å². The van der Waals surface area contributed by atoms with E-state index in [0.29, 0.717) is 19.8 Å². The van der Waals surface area contributed by atoms with Crippen LogP contribution in [0.3, 0.4) is 0 Å². The summed E-state index contributed by atoms with van der Waals surface area (Å²) in [6.45, 7) is 3.44. The highest BCUT2D eigenvalue weighted by Crippen LogP contribution is 2.43. The fourth-order valence-electron chi connectivity index (χ4n) is 3.41. The second-order valence-corrected chi connectivity index (χ2v) is 6.23. The van der Waals surface area contributed by atoms with Gasteiger partial charge in [0.2, 0.25) is 0 Å². The molecule has 1 aliphatic rings. The van der Waals surface area contributed by atoms with Crippen molar-refractivity contribution in [3.05, 3.63) is 58.7 Å². The van der Waals surface area contributed by atoms with Gasteiger partial charge >= 0.3 is 0 Å². The summed E-state index contributed by atoms with van der Waals surface area (Å²) in [5.74, 6) is 1.46. The summed E-state index contributed by atoms with van der Waals surface area (Å²) in [7, 11) is 3.27. The van der Waals surface area contributed by atoms with Crippen LogP contribution in [0.15, 0.2) is 36.4 Å². The third-order valence-corrected chi connectivity index (χ3v) is 4.57. The molecule has 5 heteroatoms. The number of rotatable bonds is 6. The van der Waals surface area contributed by atoms with Crippen molar-refractivity contribution in [2.75, 3.05) is 27.4 Å². The maximum Gasteiger partial charge on any atom is 0.128 e. The van der Waals surface area contributed by atoms with Gasteiger partial charge in [0, 0.05) is 17.7 Å². The van der Waals surface area contributed by atoms with Crippen LogP contribution < -0.4 is 14.8 Å². The van der Waals surface area contributed by atoms with Crippen LogP contribution in [0, 0.1) is 6.92 Å². The Bertz CT molecular complexity index is 717. The lowest BCUT2D eigenvalue weighted by atomic mass is 9.89. The highest BCUT2D eigenvalue weighted by Gasteiger charge is 2.32. The fraction of sp³-hybridized carbons (Fsp3) is 0.400. The summed E-state index contributed by atoms with van der Waals surface area (Å²) >= 11 is 0. The minimum atomic E-state index is -0.635. The van der Waals surface area contributed by atoms with E-state index in [-0.39, 0.29) is 6.04 Å². The molecule has 0 aliphatic carbocycles. The van der Waals surface area contributed by atoms with Crippen molar-refractivity contribution in [2.45, 2.75) is 25.7 Å². The van der Waals surface area contributed by atoms with E-state index in [1.54, 1.807) is 14.2 Å². The van der Waals surface area contributed by atoms with Crippen molar-refractivity contribution in [3.63, 3.8) is 0 Å². The third-order valence-electron chi connectivity index (χ3n) is 4.57. The maximum atomic E-state index is 10.5. The van der Waals surface area contributed by atoms with E-state index in [1.807, 2.05) is 43.3 Å². The molecule has 0 saturated carbocycles. The molecule has 1 unspecified atom stereocenters. The first-order chi connectivity index (χ1) is 12.2. The topological polar surface area (TPSA) is 60.0 Å². The summed E-state index contributed by atoms with van der Waals surface area (Å²) in [4.78, 5) is 0. The van der Waals surface area contributed by atoms with Crippen molar-refractivity contribution >= 4 is 0 Å². The van der Waals surface area contributed by atoms with Gasteiger partial charge in [0.05, 0.1) is 39.6 Å². The number of benzene rings is 2. The van der Waals surface area contributed by atoms with Crippen LogP contribution in [0.1, 0.15) is 34.4 Å². The van der Waals surface area contributed by atoms with Crippen molar-refractivity contribution in [1.29, 1.82) is 0 Å². The standard InChI is InChI=1S/C20H25NO4/c1-13-9-17(23-2)18-15(12-25-11-14-7-5-4-6-8-14)21-10-16(22)19(18)20(13)24-3/h4-9,15-16,21-22H,10-12H2,1-3H3/t15-,16?/m0/s1. The van der Waals surface area contributed by atoms with Gasteiger partial charge in [0.1, 0.15) is 11.5 Å². The summed E-state index contributed by atoms with van der Waals surface area (Å²) in [6.07, 6.45) is -0.635. The fourth-order valence-corrected chi connectivity index (χ4v) is 3.41. The van der Waals surface area contributed by atoms with Gasteiger partial charge < -0.3 is 24.6 Å². The zero-order valence-corrected chi connectivity index (χ0v) is 14.9. The summed E-state index contributed by atoms with van der Waals surface area (Å²) in [5.41, 5.74) is 3.79. The molecule has 2 atom stereocenters. The molecule has 0 amide bonds. The number of aryl methyl sites for hydroxylation is 1. The molecule has 5 nitrogen and oxygen atoms in total. The Morgan fingerprint density at radius 1 is 1.12 bits per heavy atom. The van der Waals surface area contributed by atoms with Crippen LogP contribution in [0.5, 0.6) is 11.5 Å². The molecule has 2 aromatic carbocycles. The number of ether oxygens (including phenoxy) is 3. The number of fused-ring (bicyclic) bond motifs is 1. The number of aliphatic hydroxyl groups is 1. The number of aliphatic hydroxyl groups excluding tert-OH is 1. The molecule has 0 aromatic heterocycles. The maximum absolute atomic E-state index is 10.5. The summed E-state index contributed by atoms with van der Waals surface area (Å²) in [5, 5.41) is 13.8. The van der Waals surface area contributed by atoms with Crippen LogP contribution in [0.4, 0.5) is 0 Å². The number of methoxy groups -OCH3 is 2. The minimum absolute atomic E-state index is 0.0634. The highest BCUT2D eigenvalue weighted by molar-refractivity contribution is 5.56. The lowest BCUT2D eigenvalue weighted by Gasteiger charge is -2.33. The Labute approximate surface area is 148 Å². The first-order valence-corrected chi connectivity index (χ1v) is 8.44. The Morgan fingerprint density at radius 2 is 1.88 bits per heavy atom. The van der Waals surface area contributed by atoms with E-state index in [4.69, 9.17) is 14.2 Å². The van der Waals surface area contributed by atoms with Crippen LogP contribution in [0.25, 0.3) is 0 Å². The smallest absolute Gasteiger partial charge is 0.128 e. The zero-order valence-electron chi connectivity index (χ0n) is 14.9. The van der Waals surface area contributed by atoms with Gasteiger partial charge in [-0.1, -0.05) is 30.3 Å². The molecule has 2 aromatic rings. The highest BCUT2D eigenvalue weighted by atomic mass is 16.5. The molecule has 1 aliphatic heterocycles. The molecular formula is C20H25NO4. The van der Waals surface area contributed by atoms with Crippen LogP contribution in [-0.2, 0) is 11.3 Å². The molecule has 3 rings (SSSR count). The lowest BCUT2D eigenvalue weighted by molar-refractivity contribution is 0.0804. The van der Waals surface area contributed by atoms with E-state index in [0.717, 1.165) is 33.8 Å². The normalized spacial score (nSPS) is 19.4. The lowest BCUT2D eigenvalue weighted by Crippen LogP contribution is -2.36. The van der Waals surface area contributed by atoms with Crippen LogP contribution >= 0.6 is 0 Å². The van der Waals surface area contributed by atoms with Gasteiger partial charge in [-0.15, -0.1) is 0 Å². The average molecular weight is 343 g/mol. The van der Waals surface area contributed by atoms with Gasteiger partial charge in [0.25, 0.3) is 0 Å². The Kier molecular flexibility index (Phi) is 5.58. The number of hydrogen-bond acceptors (Lipinski definition) is 5. The van der Waals surface area contributed by atoms with Crippen LogP contribution in [0.2, 0.25) is 0 Å². The number of β-amino-alcohol motifs (C(OH)–C–C–N with tert-alkyl or cyclic N) is 1. The molecule has 0 fully saturated rings. The van der Waals surface area contributed by atoms with Crippen molar-refractivity contribution in [3.8, 4) is 11.5 Å². The van der Waals surface area contributed by atoms with E-state index in [1.165, 1.54) is 0 Å².